The highest BCUT2D eigenvalue weighted by Gasteiger charge is 2.35. The molecule has 0 aliphatic rings. The molecule has 0 aliphatic heterocycles. The third kappa shape index (κ3) is 16.8. The minimum Gasteiger partial charge on any atom is -0.459 e. The molecule has 1 aromatic rings. The zero-order valence-corrected chi connectivity index (χ0v) is 30.4. The fourth-order valence-corrected chi connectivity index (χ4v) is 4.72. The van der Waals surface area contributed by atoms with Crippen molar-refractivity contribution in [2.45, 2.75) is 117 Å². The van der Waals surface area contributed by atoms with E-state index in [0.717, 1.165) is 5.56 Å². The Balaban J connectivity index is 3.23. The van der Waals surface area contributed by atoms with E-state index >= 15 is 0 Å². The number of amides is 4. The summed E-state index contributed by atoms with van der Waals surface area (Å²) >= 11 is 6.07. The highest BCUT2D eigenvalue weighted by atomic mass is 35.5. The quantitative estimate of drug-likeness (QED) is 0.174. The zero-order valence-electron chi connectivity index (χ0n) is 29.6. The number of hydrogen-bond donors (Lipinski definition) is 3. The molecule has 1 unspecified atom stereocenters. The van der Waals surface area contributed by atoms with Gasteiger partial charge >= 0.3 is 12.1 Å². The van der Waals surface area contributed by atoms with Crippen molar-refractivity contribution in [3.05, 3.63) is 34.9 Å². The Morgan fingerprint density at radius 1 is 0.894 bits per heavy atom. The minimum atomic E-state index is -1.32. The lowest BCUT2D eigenvalue weighted by Gasteiger charge is -2.34. The van der Waals surface area contributed by atoms with Crippen LogP contribution in [0.15, 0.2) is 24.3 Å². The summed E-state index contributed by atoms with van der Waals surface area (Å²) in [5.74, 6) is -2.31. The Hall–Kier alpha value is -3.38. The number of likely N-dealkylation sites (N-methyl/N-ethyl adjacent to an activating group) is 2. The molecule has 0 aromatic heterocycles. The molecule has 13 heteroatoms. The van der Waals surface area contributed by atoms with Gasteiger partial charge in [-0.1, -0.05) is 37.6 Å². The second-order valence-corrected chi connectivity index (χ2v) is 14.6. The fourth-order valence-electron chi connectivity index (χ4n) is 4.59. The number of halogens is 1. The molecule has 0 saturated heterocycles. The Morgan fingerprint density at radius 3 is 2.00 bits per heavy atom. The summed E-state index contributed by atoms with van der Waals surface area (Å²) in [6, 6.07) is 4.71. The molecular weight excluding hydrogens is 628 g/mol. The molecule has 0 heterocycles. The average Bonchev–Trinajstić information content (AvgIpc) is 2.92. The highest BCUT2D eigenvalue weighted by molar-refractivity contribution is 6.30. The molecule has 0 aliphatic carbocycles. The molecule has 0 fully saturated rings. The summed E-state index contributed by atoms with van der Waals surface area (Å²) in [6.45, 7) is 14.1. The molecule has 0 bridgehead atoms. The number of nitrogens with zero attached hydrogens (tertiary/aromatic N) is 2. The first-order chi connectivity index (χ1) is 21.6. The highest BCUT2D eigenvalue weighted by Crippen LogP contribution is 2.17. The van der Waals surface area contributed by atoms with Crippen LogP contribution in [0.25, 0.3) is 0 Å². The van der Waals surface area contributed by atoms with E-state index in [1.165, 1.54) is 23.9 Å². The molecule has 1 rings (SSSR count). The van der Waals surface area contributed by atoms with E-state index in [1.807, 2.05) is 13.8 Å². The van der Waals surface area contributed by atoms with Crippen molar-refractivity contribution in [1.29, 1.82) is 0 Å². The SMILES string of the molecule is CC(C)C[C@@H](O)C(=O)NC(CCCCNC(=O)OC(C)(C)C)C(=O)N(C)[C@H](Cc1ccc(Cl)cc1)C(=O)N(C)CC(=O)OC(C)(C)C. The summed E-state index contributed by atoms with van der Waals surface area (Å²) in [6.07, 6.45) is -0.500. The van der Waals surface area contributed by atoms with Crippen LogP contribution in [0.4, 0.5) is 4.79 Å². The average molecular weight is 683 g/mol. The third-order valence-electron chi connectivity index (χ3n) is 6.80. The Morgan fingerprint density at radius 2 is 1.47 bits per heavy atom. The maximum atomic E-state index is 14.0. The van der Waals surface area contributed by atoms with E-state index in [-0.39, 0.29) is 38.3 Å². The number of alkyl carbamates (subject to hydrolysis) is 1. The smallest absolute Gasteiger partial charge is 0.407 e. The third-order valence-corrected chi connectivity index (χ3v) is 7.06. The van der Waals surface area contributed by atoms with Gasteiger partial charge in [-0.2, -0.15) is 0 Å². The minimum absolute atomic E-state index is 0.0355. The monoisotopic (exact) mass is 682 g/mol. The molecule has 47 heavy (non-hydrogen) atoms. The van der Waals surface area contributed by atoms with E-state index in [4.69, 9.17) is 21.1 Å². The van der Waals surface area contributed by atoms with E-state index < -0.39 is 59.2 Å². The summed E-state index contributed by atoms with van der Waals surface area (Å²) in [5.41, 5.74) is -0.669. The number of unbranched alkanes of at least 4 members (excludes halogenated alkanes) is 1. The Kier molecular flexibility index (Phi) is 16.7. The Bertz CT molecular complexity index is 1190. The molecule has 1 aromatic carbocycles. The van der Waals surface area contributed by atoms with Crippen LogP contribution < -0.4 is 10.6 Å². The summed E-state index contributed by atoms with van der Waals surface area (Å²) in [5, 5.41) is 16.3. The fraction of sp³-hybridized carbons (Fsp3) is 0.676. The number of aliphatic hydroxyl groups is 1. The van der Waals surface area contributed by atoms with Gasteiger partial charge in [-0.3, -0.25) is 19.2 Å². The standard InChI is InChI=1S/C34H55ClN4O8/c1-22(2)19-27(40)29(42)37-25(13-11-12-18-36-32(45)47-34(6,7)8)30(43)39(10)26(20-23-14-16-24(35)17-15-23)31(44)38(9)21-28(41)46-33(3,4)5/h14-17,22,25-27,40H,11-13,18-21H2,1-10H3,(H,36,45)(H,37,42)/t25?,26-,27-/m1/s1. The molecule has 3 N–H and O–H groups in total. The first-order valence-electron chi connectivity index (χ1n) is 16.0. The molecule has 3 atom stereocenters. The largest absolute Gasteiger partial charge is 0.459 e. The van der Waals surface area contributed by atoms with Crippen LogP contribution >= 0.6 is 11.6 Å². The van der Waals surface area contributed by atoms with Crippen LogP contribution in [-0.4, -0.2) is 101 Å². The van der Waals surface area contributed by atoms with Crippen molar-refractivity contribution < 1.29 is 38.6 Å². The van der Waals surface area contributed by atoms with Gasteiger partial charge in [0.1, 0.15) is 35.9 Å². The van der Waals surface area contributed by atoms with Gasteiger partial charge in [0.2, 0.25) is 17.7 Å². The lowest BCUT2D eigenvalue weighted by Crippen LogP contribution is -2.56. The molecule has 0 radical (unpaired) electrons. The number of esters is 1. The number of aliphatic hydroxyl groups excluding tert-OH is 1. The number of carbonyl (C=O) groups excluding carboxylic acids is 5. The number of nitrogens with one attached hydrogen (secondary N) is 2. The van der Waals surface area contributed by atoms with Gasteiger partial charge in [0, 0.05) is 32.1 Å². The second-order valence-electron chi connectivity index (χ2n) is 14.2. The summed E-state index contributed by atoms with van der Waals surface area (Å²) in [7, 11) is 2.93. The number of hydrogen-bond acceptors (Lipinski definition) is 8. The first kappa shape index (κ1) is 41.6. The van der Waals surface area contributed by atoms with Crippen LogP contribution in [0.1, 0.15) is 86.6 Å². The second kappa shape index (κ2) is 18.8. The number of rotatable bonds is 16. The van der Waals surface area contributed by atoms with Gasteiger partial charge in [-0.05, 0) is 90.8 Å². The van der Waals surface area contributed by atoms with E-state index in [9.17, 15) is 29.1 Å². The molecule has 12 nitrogen and oxygen atoms in total. The lowest BCUT2D eigenvalue weighted by atomic mass is 10.0. The van der Waals surface area contributed by atoms with Crippen LogP contribution in [0.5, 0.6) is 0 Å². The van der Waals surface area contributed by atoms with Crippen LogP contribution in [0.2, 0.25) is 5.02 Å². The molecule has 0 spiro atoms. The van der Waals surface area contributed by atoms with Gasteiger partial charge < -0.3 is 35.0 Å². The van der Waals surface area contributed by atoms with Gasteiger partial charge in [0.25, 0.3) is 0 Å². The van der Waals surface area contributed by atoms with Crippen LogP contribution in [-0.2, 0) is 35.1 Å². The predicted octanol–water partition coefficient (Wildman–Crippen LogP) is 4.10. The van der Waals surface area contributed by atoms with E-state index in [2.05, 4.69) is 10.6 Å². The number of ether oxygens (including phenoxy) is 2. The van der Waals surface area contributed by atoms with Gasteiger partial charge in [0.15, 0.2) is 0 Å². The van der Waals surface area contributed by atoms with E-state index in [1.54, 1.807) is 65.8 Å². The van der Waals surface area contributed by atoms with Crippen molar-refractivity contribution in [2.75, 3.05) is 27.2 Å². The maximum Gasteiger partial charge on any atom is 0.407 e. The summed E-state index contributed by atoms with van der Waals surface area (Å²) in [4.78, 5) is 67.8. The summed E-state index contributed by atoms with van der Waals surface area (Å²) < 4.78 is 10.6. The first-order valence-corrected chi connectivity index (χ1v) is 16.4. The Labute approximate surface area is 284 Å². The van der Waals surface area contributed by atoms with Crippen molar-refractivity contribution in [3.8, 4) is 0 Å². The van der Waals surface area contributed by atoms with Gasteiger partial charge in [-0.15, -0.1) is 0 Å². The van der Waals surface area contributed by atoms with Crippen LogP contribution in [0, 0.1) is 5.92 Å². The van der Waals surface area contributed by atoms with Crippen molar-refractivity contribution in [1.82, 2.24) is 20.4 Å². The van der Waals surface area contributed by atoms with Gasteiger partial charge in [0.05, 0.1) is 0 Å². The predicted molar refractivity (Wildman–Crippen MR) is 181 cm³/mol. The van der Waals surface area contributed by atoms with Crippen LogP contribution in [0.3, 0.4) is 0 Å². The number of carbonyl (C=O) groups is 5. The topological polar surface area (TPSA) is 155 Å². The van der Waals surface area contributed by atoms with Crippen molar-refractivity contribution >= 4 is 41.4 Å². The number of benzene rings is 1. The lowest BCUT2D eigenvalue weighted by molar-refractivity contribution is -0.159. The molecular formula is C34H55ClN4O8. The maximum absolute atomic E-state index is 14.0. The van der Waals surface area contributed by atoms with E-state index in [0.29, 0.717) is 17.9 Å². The van der Waals surface area contributed by atoms with Crippen molar-refractivity contribution in [2.24, 2.45) is 5.92 Å². The van der Waals surface area contributed by atoms with Gasteiger partial charge in [-0.25, -0.2) is 4.79 Å². The zero-order chi connectivity index (χ0) is 36.1. The molecule has 266 valence electrons. The molecule has 0 saturated carbocycles. The molecule has 4 amide bonds. The normalized spacial score (nSPS) is 13.6. The van der Waals surface area contributed by atoms with Crippen molar-refractivity contribution in [3.63, 3.8) is 0 Å².